The summed E-state index contributed by atoms with van der Waals surface area (Å²) in [6.07, 6.45) is 0.835. The molecule has 0 saturated carbocycles. The Hall–Kier alpha value is -2.18. The first kappa shape index (κ1) is 15.9. The minimum absolute atomic E-state index is 0.00929. The van der Waals surface area contributed by atoms with Crippen LogP contribution in [0, 0.1) is 11.6 Å². The van der Waals surface area contributed by atoms with Crippen molar-refractivity contribution in [2.75, 3.05) is 13.1 Å². The number of hydrogen-bond acceptors (Lipinski definition) is 3. The SMILES string of the molecule is CCCNC(=O)CCNC(=O)c1c(O)cc(F)cc1F. The highest BCUT2D eigenvalue weighted by Crippen LogP contribution is 2.21. The van der Waals surface area contributed by atoms with Crippen LogP contribution in [0.1, 0.15) is 30.1 Å². The van der Waals surface area contributed by atoms with Gasteiger partial charge in [-0.25, -0.2) is 8.78 Å². The predicted octanol–water partition coefficient (Wildman–Crippen LogP) is 1.32. The molecular formula is C13H16F2N2O3. The number of phenolic OH excluding ortho intramolecular Hbond substituents is 1. The van der Waals surface area contributed by atoms with Crippen molar-refractivity contribution in [3.8, 4) is 5.75 Å². The van der Waals surface area contributed by atoms with Crippen LogP contribution in [-0.4, -0.2) is 30.0 Å². The molecule has 1 aromatic rings. The summed E-state index contributed by atoms with van der Waals surface area (Å²) in [7, 11) is 0. The number of rotatable bonds is 6. The number of aromatic hydroxyl groups is 1. The maximum atomic E-state index is 13.4. The molecule has 0 aliphatic carbocycles. The molecule has 0 aliphatic heterocycles. The van der Waals surface area contributed by atoms with Crippen molar-refractivity contribution in [3.05, 3.63) is 29.3 Å². The molecule has 0 bridgehead atoms. The van der Waals surface area contributed by atoms with Gasteiger partial charge in [0.25, 0.3) is 5.91 Å². The largest absolute Gasteiger partial charge is 0.507 e. The minimum Gasteiger partial charge on any atom is -0.507 e. The van der Waals surface area contributed by atoms with Gasteiger partial charge in [-0.05, 0) is 6.42 Å². The Morgan fingerprint density at radius 3 is 2.50 bits per heavy atom. The van der Waals surface area contributed by atoms with Gasteiger partial charge in [0, 0.05) is 31.6 Å². The van der Waals surface area contributed by atoms with E-state index in [4.69, 9.17) is 0 Å². The normalized spacial score (nSPS) is 10.2. The molecule has 3 N–H and O–H groups in total. The first-order valence-corrected chi connectivity index (χ1v) is 6.18. The van der Waals surface area contributed by atoms with Crippen LogP contribution in [0.4, 0.5) is 8.78 Å². The lowest BCUT2D eigenvalue weighted by Gasteiger charge is -2.08. The summed E-state index contributed by atoms with van der Waals surface area (Å²) in [5, 5.41) is 14.2. The van der Waals surface area contributed by atoms with Gasteiger partial charge in [-0.1, -0.05) is 6.92 Å². The molecule has 110 valence electrons. The lowest BCUT2D eigenvalue weighted by molar-refractivity contribution is -0.120. The fourth-order valence-electron chi connectivity index (χ4n) is 1.52. The van der Waals surface area contributed by atoms with Gasteiger partial charge in [0.05, 0.1) is 0 Å². The van der Waals surface area contributed by atoms with Crippen molar-refractivity contribution in [1.82, 2.24) is 10.6 Å². The van der Waals surface area contributed by atoms with Crippen molar-refractivity contribution < 1.29 is 23.5 Å². The third-order valence-corrected chi connectivity index (χ3v) is 2.47. The quantitative estimate of drug-likeness (QED) is 0.738. The zero-order valence-corrected chi connectivity index (χ0v) is 11.0. The van der Waals surface area contributed by atoms with Crippen LogP contribution in [0.3, 0.4) is 0 Å². The van der Waals surface area contributed by atoms with Crippen LogP contribution in [0.25, 0.3) is 0 Å². The van der Waals surface area contributed by atoms with Crippen molar-refractivity contribution in [1.29, 1.82) is 0 Å². The van der Waals surface area contributed by atoms with Gasteiger partial charge >= 0.3 is 0 Å². The molecule has 1 rings (SSSR count). The standard InChI is InChI=1S/C13H16F2N2O3/c1-2-4-16-11(19)3-5-17-13(20)12-9(15)6-8(14)7-10(12)18/h6-7,18H,2-5H2,1H3,(H,16,19)(H,17,20). The van der Waals surface area contributed by atoms with Crippen molar-refractivity contribution in [2.45, 2.75) is 19.8 Å². The lowest BCUT2D eigenvalue weighted by atomic mass is 10.1. The van der Waals surface area contributed by atoms with E-state index in [0.717, 1.165) is 6.42 Å². The van der Waals surface area contributed by atoms with Gasteiger partial charge < -0.3 is 15.7 Å². The predicted molar refractivity (Wildman–Crippen MR) is 68.3 cm³/mol. The molecular weight excluding hydrogens is 270 g/mol. The molecule has 0 fully saturated rings. The second-order valence-corrected chi connectivity index (χ2v) is 4.14. The van der Waals surface area contributed by atoms with Crippen LogP contribution >= 0.6 is 0 Å². The first-order valence-electron chi connectivity index (χ1n) is 6.18. The monoisotopic (exact) mass is 286 g/mol. The Kier molecular flexibility index (Phi) is 5.89. The molecule has 0 unspecified atom stereocenters. The summed E-state index contributed by atoms with van der Waals surface area (Å²) in [6.45, 7) is 2.44. The summed E-state index contributed by atoms with van der Waals surface area (Å²) >= 11 is 0. The molecule has 20 heavy (non-hydrogen) atoms. The van der Waals surface area contributed by atoms with E-state index in [1.165, 1.54) is 0 Å². The van der Waals surface area contributed by atoms with E-state index in [9.17, 15) is 23.5 Å². The van der Waals surface area contributed by atoms with E-state index in [1.54, 1.807) is 0 Å². The number of benzene rings is 1. The molecule has 2 amide bonds. The first-order chi connectivity index (χ1) is 9.45. The van der Waals surface area contributed by atoms with Crippen molar-refractivity contribution in [3.63, 3.8) is 0 Å². The van der Waals surface area contributed by atoms with Gasteiger partial charge in [-0.2, -0.15) is 0 Å². The smallest absolute Gasteiger partial charge is 0.258 e. The van der Waals surface area contributed by atoms with Crippen LogP contribution < -0.4 is 10.6 Å². The third-order valence-electron chi connectivity index (χ3n) is 2.47. The maximum Gasteiger partial charge on any atom is 0.258 e. The van der Waals surface area contributed by atoms with E-state index in [1.807, 2.05) is 6.92 Å². The molecule has 0 saturated heterocycles. The Morgan fingerprint density at radius 1 is 1.20 bits per heavy atom. The fraction of sp³-hybridized carbons (Fsp3) is 0.385. The van der Waals surface area contributed by atoms with Gasteiger partial charge in [0.15, 0.2) is 0 Å². The Bertz CT molecular complexity index is 483. The molecule has 0 heterocycles. The molecule has 0 radical (unpaired) electrons. The minimum atomic E-state index is -1.16. The second-order valence-electron chi connectivity index (χ2n) is 4.14. The molecule has 0 aromatic heterocycles. The van der Waals surface area contributed by atoms with Crippen LogP contribution in [0.15, 0.2) is 12.1 Å². The summed E-state index contributed by atoms with van der Waals surface area (Å²) in [5.74, 6) is -4.05. The van der Waals surface area contributed by atoms with Gasteiger partial charge in [-0.3, -0.25) is 9.59 Å². The summed E-state index contributed by atoms with van der Waals surface area (Å²) in [4.78, 5) is 22.9. The summed E-state index contributed by atoms with van der Waals surface area (Å²) < 4.78 is 26.1. The van der Waals surface area contributed by atoms with E-state index in [-0.39, 0.29) is 18.9 Å². The fourth-order valence-corrected chi connectivity index (χ4v) is 1.52. The van der Waals surface area contributed by atoms with Crippen LogP contribution in [0.2, 0.25) is 0 Å². The highest BCUT2D eigenvalue weighted by molar-refractivity contribution is 5.97. The molecule has 0 aliphatic rings. The number of hydrogen-bond donors (Lipinski definition) is 3. The number of phenols is 1. The van der Waals surface area contributed by atoms with Gasteiger partial charge in [-0.15, -0.1) is 0 Å². The summed E-state index contributed by atoms with van der Waals surface area (Å²) in [5.41, 5.74) is -0.639. The molecule has 0 atom stereocenters. The number of halogens is 2. The van der Waals surface area contributed by atoms with Crippen LogP contribution in [-0.2, 0) is 4.79 Å². The lowest BCUT2D eigenvalue weighted by Crippen LogP contribution is -2.31. The Labute approximate surface area is 115 Å². The van der Waals surface area contributed by atoms with Gasteiger partial charge in [0.2, 0.25) is 5.91 Å². The summed E-state index contributed by atoms with van der Waals surface area (Å²) in [6, 6.07) is 1.15. The highest BCUT2D eigenvalue weighted by Gasteiger charge is 2.18. The highest BCUT2D eigenvalue weighted by atomic mass is 19.1. The third kappa shape index (κ3) is 4.49. The van der Waals surface area contributed by atoms with E-state index in [0.29, 0.717) is 18.7 Å². The number of carbonyl (C=O) groups excluding carboxylic acids is 2. The van der Waals surface area contributed by atoms with Crippen LogP contribution in [0.5, 0.6) is 5.75 Å². The number of amides is 2. The van der Waals surface area contributed by atoms with Gasteiger partial charge in [0.1, 0.15) is 22.9 Å². The average Bonchev–Trinajstić information content (AvgIpc) is 2.35. The van der Waals surface area contributed by atoms with Crippen molar-refractivity contribution >= 4 is 11.8 Å². The Balaban J connectivity index is 2.54. The maximum absolute atomic E-state index is 13.4. The zero-order valence-electron chi connectivity index (χ0n) is 11.0. The molecule has 1 aromatic carbocycles. The average molecular weight is 286 g/mol. The van der Waals surface area contributed by atoms with E-state index < -0.39 is 28.9 Å². The zero-order chi connectivity index (χ0) is 15.1. The van der Waals surface area contributed by atoms with E-state index >= 15 is 0 Å². The number of carbonyl (C=O) groups is 2. The van der Waals surface area contributed by atoms with E-state index in [2.05, 4.69) is 10.6 Å². The molecule has 7 heteroatoms. The molecule has 0 spiro atoms. The number of nitrogens with one attached hydrogen (secondary N) is 2. The Morgan fingerprint density at radius 2 is 1.90 bits per heavy atom. The topological polar surface area (TPSA) is 78.4 Å². The van der Waals surface area contributed by atoms with Crippen molar-refractivity contribution in [2.24, 2.45) is 0 Å². The second kappa shape index (κ2) is 7.42. The molecule has 5 nitrogen and oxygen atoms in total.